The van der Waals surface area contributed by atoms with E-state index in [1.807, 2.05) is 39.0 Å². The second kappa shape index (κ2) is 9.95. The molecule has 0 aromatic rings. The van der Waals surface area contributed by atoms with Gasteiger partial charge in [0.2, 0.25) is 0 Å². The molecule has 0 saturated heterocycles. The normalized spacial score (nSPS) is 13.1. The predicted octanol–water partition coefficient (Wildman–Crippen LogP) is 4.19. The Kier molecular flexibility index (Phi) is 8.88. The van der Waals surface area contributed by atoms with Gasteiger partial charge in [-0.2, -0.15) is 0 Å². The molecule has 0 aromatic heterocycles. The van der Waals surface area contributed by atoms with E-state index in [0.29, 0.717) is 5.70 Å². The Hall–Kier alpha value is -2.03. The maximum atomic E-state index is 11.6. The first kappa shape index (κ1) is 17.0. The molecule has 2 amide bonds. The van der Waals surface area contributed by atoms with Crippen LogP contribution in [0.3, 0.4) is 0 Å². The molecule has 3 heteroatoms. The van der Waals surface area contributed by atoms with Gasteiger partial charge in [-0.05, 0) is 31.9 Å². The number of hydrogen-bond donors (Lipinski definition) is 2. The molecule has 1 rings (SSSR count). The second-order valence-electron chi connectivity index (χ2n) is 3.92. The highest BCUT2D eigenvalue weighted by molar-refractivity contribution is 5.78. The van der Waals surface area contributed by atoms with Crippen LogP contribution in [0, 0.1) is 0 Å². The summed E-state index contributed by atoms with van der Waals surface area (Å²) in [4.78, 5) is 11.6. The molecule has 3 nitrogen and oxygen atoms in total. The zero-order valence-corrected chi connectivity index (χ0v) is 12.1. The van der Waals surface area contributed by atoms with Crippen LogP contribution in [-0.2, 0) is 0 Å². The average molecular weight is 260 g/mol. The molecule has 1 aliphatic carbocycles. The highest BCUT2D eigenvalue weighted by Gasteiger charge is 2.03. The van der Waals surface area contributed by atoms with E-state index in [1.54, 1.807) is 12.2 Å². The third-order valence-corrected chi connectivity index (χ3v) is 2.10. The first-order valence-corrected chi connectivity index (χ1v) is 6.55. The molecule has 0 saturated carbocycles. The number of hydrogen-bond acceptors (Lipinski definition) is 1. The Balaban J connectivity index is 0.00000154. The van der Waals surface area contributed by atoms with E-state index >= 15 is 0 Å². The fraction of sp³-hybridized carbons (Fsp3) is 0.312. The lowest BCUT2D eigenvalue weighted by molar-refractivity contribution is 0.246. The van der Waals surface area contributed by atoms with Crippen molar-refractivity contribution in [1.82, 2.24) is 10.6 Å². The largest absolute Gasteiger partial charge is 0.323 e. The number of amides is 2. The minimum Gasteiger partial charge on any atom is -0.308 e. The molecule has 1 aliphatic rings. The summed E-state index contributed by atoms with van der Waals surface area (Å²) in [5.41, 5.74) is 2.27. The summed E-state index contributed by atoms with van der Waals surface area (Å²) in [5, 5.41) is 5.38. The summed E-state index contributed by atoms with van der Waals surface area (Å²) >= 11 is 0. The van der Waals surface area contributed by atoms with Crippen LogP contribution >= 0.6 is 0 Å². The van der Waals surface area contributed by atoms with Gasteiger partial charge in [0, 0.05) is 11.4 Å². The van der Waals surface area contributed by atoms with Crippen molar-refractivity contribution < 1.29 is 4.79 Å². The van der Waals surface area contributed by atoms with Crippen molar-refractivity contribution in [2.75, 3.05) is 0 Å². The van der Waals surface area contributed by atoms with Gasteiger partial charge in [-0.15, -0.1) is 0 Å². The van der Waals surface area contributed by atoms with Crippen molar-refractivity contribution in [1.29, 1.82) is 0 Å². The Morgan fingerprint density at radius 2 is 1.95 bits per heavy atom. The lowest BCUT2D eigenvalue weighted by Crippen LogP contribution is -2.33. The van der Waals surface area contributed by atoms with Gasteiger partial charge in [0.25, 0.3) is 0 Å². The van der Waals surface area contributed by atoms with Crippen LogP contribution in [0.25, 0.3) is 0 Å². The van der Waals surface area contributed by atoms with Crippen LogP contribution in [0.4, 0.5) is 4.79 Å². The maximum absolute atomic E-state index is 11.6. The molecule has 0 fully saturated rings. The summed E-state index contributed by atoms with van der Waals surface area (Å²) in [6.45, 7) is 13.3. The smallest absolute Gasteiger partial charge is 0.308 e. The number of carbonyl (C=O) groups excluding carboxylic acids is 1. The zero-order chi connectivity index (χ0) is 14.7. The predicted molar refractivity (Wildman–Crippen MR) is 82.6 cm³/mol. The summed E-state index contributed by atoms with van der Waals surface area (Å²) < 4.78 is 0. The quantitative estimate of drug-likeness (QED) is 0.731. The van der Waals surface area contributed by atoms with Gasteiger partial charge >= 0.3 is 6.03 Å². The van der Waals surface area contributed by atoms with Crippen LogP contribution in [0.1, 0.15) is 33.6 Å². The van der Waals surface area contributed by atoms with Gasteiger partial charge in [0.1, 0.15) is 0 Å². The van der Waals surface area contributed by atoms with Crippen molar-refractivity contribution in [2.24, 2.45) is 0 Å². The first-order valence-electron chi connectivity index (χ1n) is 6.55. The summed E-state index contributed by atoms with van der Waals surface area (Å²) in [7, 11) is 0. The van der Waals surface area contributed by atoms with Gasteiger partial charge < -0.3 is 10.6 Å². The standard InChI is InChI=1S/C14H18N2O.C2H6/c1-11(2)9-10-12(3)15-14(17)16-13-7-5-4-6-8-13;1-2/h5,7-10H,1,3-4,6H2,2H3,(H2,15,16,17);1-2H3/b10-9-;. The SMILES string of the molecule is C=C(C)/C=C\C(=C)NC(=O)NC1=CCCC=C1.CC. The molecule has 0 atom stereocenters. The number of carbonyl (C=O) groups is 1. The fourth-order valence-electron chi connectivity index (χ4n) is 1.30. The summed E-state index contributed by atoms with van der Waals surface area (Å²) in [6.07, 6.45) is 11.4. The van der Waals surface area contributed by atoms with Crippen LogP contribution in [0.2, 0.25) is 0 Å². The zero-order valence-electron chi connectivity index (χ0n) is 12.1. The van der Waals surface area contributed by atoms with Gasteiger partial charge in [-0.25, -0.2) is 4.79 Å². The van der Waals surface area contributed by atoms with E-state index in [2.05, 4.69) is 23.8 Å². The van der Waals surface area contributed by atoms with Gasteiger partial charge in [-0.1, -0.05) is 50.8 Å². The number of allylic oxidation sites excluding steroid dienone is 6. The minimum atomic E-state index is -0.279. The van der Waals surface area contributed by atoms with Crippen LogP contribution in [0.15, 0.2) is 60.5 Å². The molecule has 0 heterocycles. The molecule has 0 aliphatic heterocycles. The van der Waals surface area contributed by atoms with Crippen molar-refractivity contribution in [2.45, 2.75) is 33.6 Å². The average Bonchev–Trinajstić information content (AvgIpc) is 2.39. The van der Waals surface area contributed by atoms with E-state index < -0.39 is 0 Å². The lowest BCUT2D eigenvalue weighted by Gasteiger charge is -2.10. The maximum Gasteiger partial charge on any atom is 0.323 e. The van der Waals surface area contributed by atoms with Gasteiger partial charge in [0.15, 0.2) is 0 Å². The van der Waals surface area contributed by atoms with Crippen LogP contribution in [-0.4, -0.2) is 6.03 Å². The van der Waals surface area contributed by atoms with Crippen molar-refractivity contribution in [3.05, 3.63) is 60.5 Å². The molecule has 0 spiro atoms. The number of rotatable bonds is 4. The molecule has 0 bridgehead atoms. The summed E-state index contributed by atoms with van der Waals surface area (Å²) in [5.74, 6) is 0. The minimum absolute atomic E-state index is 0.279. The molecule has 0 unspecified atom stereocenters. The van der Waals surface area contributed by atoms with Crippen LogP contribution < -0.4 is 10.6 Å². The van der Waals surface area contributed by atoms with E-state index in [4.69, 9.17) is 0 Å². The van der Waals surface area contributed by atoms with E-state index in [9.17, 15) is 4.79 Å². The highest BCUT2D eigenvalue weighted by Crippen LogP contribution is 2.06. The highest BCUT2D eigenvalue weighted by atomic mass is 16.2. The number of nitrogens with one attached hydrogen (secondary N) is 2. The number of urea groups is 1. The molecule has 0 radical (unpaired) electrons. The monoisotopic (exact) mass is 260 g/mol. The molecule has 19 heavy (non-hydrogen) atoms. The second-order valence-corrected chi connectivity index (χ2v) is 3.92. The van der Waals surface area contributed by atoms with Gasteiger partial charge in [0.05, 0.1) is 0 Å². The Bertz CT molecular complexity index is 414. The molecule has 104 valence electrons. The fourth-order valence-corrected chi connectivity index (χ4v) is 1.30. The topological polar surface area (TPSA) is 41.1 Å². The lowest BCUT2D eigenvalue weighted by atomic mass is 10.1. The molecular formula is C16H24N2O. The Labute approximate surface area is 116 Å². The molecular weight excluding hydrogens is 236 g/mol. The third kappa shape index (κ3) is 8.66. The van der Waals surface area contributed by atoms with E-state index in [1.165, 1.54) is 0 Å². The van der Waals surface area contributed by atoms with Crippen molar-refractivity contribution in [3.8, 4) is 0 Å². The van der Waals surface area contributed by atoms with Gasteiger partial charge in [-0.3, -0.25) is 0 Å². The van der Waals surface area contributed by atoms with Crippen molar-refractivity contribution in [3.63, 3.8) is 0 Å². The van der Waals surface area contributed by atoms with E-state index in [0.717, 1.165) is 24.1 Å². The Morgan fingerprint density at radius 1 is 1.26 bits per heavy atom. The Morgan fingerprint density at radius 3 is 2.47 bits per heavy atom. The van der Waals surface area contributed by atoms with E-state index in [-0.39, 0.29) is 6.03 Å². The first-order chi connectivity index (χ1) is 9.08. The van der Waals surface area contributed by atoms with Crippen molar-refractivity contribution >= 4 is 6.03 Å². The summed E-state index contributed by atoms with van der Waals surface area (Å²) in [6, 6.07) is -0.279. The molecule has 0 aromatic carbocycles. The van der Waals surface area contributed by atoms with Crippen LogP contribution in [0.5, 0.6) is 0 Å². The third-order valence-electron chi connectivity index (χ3n) is 2.10. The molecule has 2 N–H and O–H groups in total.